The molecule has 2 aromatic carbocycles. The van der Waals surface area contributed by atoms with Crippen molar-refractivity contribution in [3.05, 3.63) is 53.6 Å². The van der Waals surface area contributed by atoms with Gasteiger partial charge >= 0.3 is 0 Å². The van der Waals surface area contributed by atoms with Gasteiger partial charge in [-0.1, -0.05) is 23.7 Å². The van der Waals surface area contributed by atoms with E-state index >= 15 is 0 Å². The Hall–Kier alpha value is -2.09. The second-order valence-corrected chi connectivity index (χ2v) is 7.69. The van der Waals surface area contributed by atoms with E-state index in [4.69, 9.17) is 16.3 Å². The van der Waals surface area contributed by atoms with Crippen molar-refractivity contribution < 1.29 is 17.9 Å². The normalized spacial score (nSPS) is 11.4. The van der Waals surface area contributed by atoms with Crippen molar-refractivity contribution in [3.63, 3.8) is 0 Å². The van der Waals surface area contributed by atoms with Gasteiger partial charge in [0.25, 0.3) is 0 Å². The molecule has 0 spiro atoms. The number of nitrogens with one attached hydrogen (secondary N) is 2. The first-order valence-corrected chi connectivity index (χ1v) is 9.45. The van der Waals surface area contributed by atoms with Crippen molar-refractivity contribution in [1.82, 2.24) is 4.72 Å². The number of sulfonamides is 1. The minimum absolute atomic E-state index is 0.0354. The highest BCUT2D eigenvalue weighted by Crippen LogP contribution is 2.24. The van der Waals surface area contributed by atoms with Gasteiger partial charge in [0.1, 0.15) is 5.75 Å². The summed E-state index contributed by atoms with van der Waals surface area (Å²) in [5.74, 6) is 0.0174. The molecular formula is C17H19ClN2O4S. The lowest BCUT2D eigenvalue weighted by Gasteiger charge is -2.15. The van der Waals surface area contributed by atoms with E-state index in [9.17, 15) is 13.2 Å². The molecule has 2 N–H and O–H groups in total. The lowest BCUT2D eigenvalue weighted by molar-refractivity contribution is -0.115. The average molecular weight is 383 g/mol. The fourth-order valence-corrected chi connectivity index (χ4v) is 3.09. The van der Waals surface area contributed by atoms with Gasteiger partial charge in [-0.25, -0.2) is 13.1 Å². The summed E-state index contributed by atoms with van der Waals surface area (Å²) in [7, 11) is -3.79. The number of halogens is 1. The third kappa shape index (κ3) is 5.74. The largest absolute Gasteiger partial charge is 0.489 e. The number of rotatable bonds is 7. The van der Waals surface area contributed by atoms with Crippen LogP contribution in [-0.4, -0.2) is 27.0 Å². The Bertz CT molecular complexity index is 836. The third-order valence-corrected chi connectivity index (χ3v) is 4.74. The molecular weight excluding hydrogens is 364 g/mol. The van der Waals surface area contributed by atoms with Gasteiger partial charge in [-0.2, -0.15) is 0 Å². The minimum Gasteiger partial charge on any atom is -0.489 e. The molecule has 2 aromatic rings. The smallest absolute Gasteiger partial charge is 0.241 e. The lowest BCUT2D eigenvalue weighted by atomic mass is 10.3. The number of para-hydroxylation sites is 2. The molecule has 0 saturated carbocycles. The molecule has 0 aliphatic rings. The molecule has 0 fully saturated rings. The van der Waals surface area contributed by atoms with Gasteiger partial charge in [0.2, 0.25) is 15.9 Å². The summed E-state index contributed by atoms with van der Waals surface area (Å²) in [6, 6.07) is 12.6. The van der Waals surface area contributed by atoms with Crippen LogP contribution < -0.4 is 14.8 Å². The molecule has 0 aliphatic carbocycles. The van der Waals surface area contributed by atoms with Gasteiger partial charge in [0.05, 0.1) is 23.2 Å². The van der Waals surface area contributed by atoms with E-state index in [1.165, 1.54) is 24.3 Å². The SMILES string of the molecule is CC(C)Oc1ccccc1NC(=O)CNS(=O)(=O)c1ccc(Cl)cc1. The topological polar surface area (TPSA) is 84.5 Å². The van der Waals surface area contributed by atoms with Crippen LogP contribution in [0.15, 0.2) is 53.4 Å². The highest BCUT2D eigenvalue weighted by Gasteiger charge is 2.16. The van der Waals surface area contributed by atoms with Gasteiger partial charge in [0, 0.05) is 5.02 Å². The number of hydrogen-bond donors (Lipinski definition) is 2. The molecule has 0 bridgehead atoms. The number of hydrogen-bond acceptors (Lipinski definition) is 4. The summed E-state index contributed by atoms with van der Waals surface area (Å²) in [6.07, 6.45) is -0.0542. The van der Waals surface area contributed by atoms with Crippen molar-refractivity contribution in [3.8, 4) is 5.75 Å². The summed E-state index contributed by atoms with van der Waals surface area (Å²) in [4.78, 5) is 12.1. The summed E-state index contributed by atoms with van der Waals surface area (Å²) < 4.78 is 32.2. The lowest BCUT2D eigenvalue weighted by Crippen LogP contribution is -2.33. The fourth-order valence-electron chi connectivity index (χ4n) is 1.98. The quantitative estimate of drug-likeness (QED) is 0.770. The standard InChI is InChI=1S/C17H19ClN2O4S/c1-12(2)24-16-6-4-3-5-15(16)20-17(21)11-19-25(22,23)14-9-7-13(18)8-10-14/h3-10,12,19H,11H2,1-2H3,(H,20,21). The fraction of sp³-hybridized carbons (Fsp3) is 0.235. The first-order valence-electron chi connectivity index (χ1n) is 7.59. The first kappa shape index (κ1) is 19.2. The number of benzene rings is 2. The number of carbonyl (C=O) groups excluding carboxylic acids is 1. The predicted octanol–water partition coefficient (Wildman–Crippen LogP) is 3.04. The van der Waals surface area contributed by atoms with Crippen LogP contribution in [0.5, 0.6) is 5.75 Å². The van der Waals surface area contributed by atoms with Gasteiger partial charge in [-0.05, 0) is 50.2 Å². The van der Waals surface area contributed by atoms with E-state index in [1.54, 1.807) is 24.3 Å². The maximum Gasteiger partial charge on any atom is 0.241 e. The Balaban J connectivity index is 2.00. The number of carbonyl (C=O) groups is 1. The maximum absolute atomic E-state index is 12.2. The van der Waals surface area contributed by atoms with Gasteiger partial charge in [-0.15, -0.1) is 0 Å². The molecule has 0 heterocycles. The molecule has 25 heavy (non-hydrogen) atoms. The third-order valence-electron chi connectivity index (χ3n) is 3.07. The summed E-state index contributed by atoms with van der Waals surface area (Å²) in [5.41, 5.74) is 0.479. The first-order chi connectivity index (χ1) is 11.8. The van der Waals surface area contributed by atoms with E-state index in [0.717, 1.165) is 0 Å². The molecule has 0 aliphatic heterocycles. The molecule has 0 atom stereocenters. The molecule has 0 radical (unpaired) electrons. The minimum atomic E-state index is -3.79. The average Bonchev–Trinajstić information content (AvgIpc) is 2.55. The molecule has 8 heteroatoms. The summed E-state index contributed by atoms with van der Waals surface area (Å²) in [5, 5.41) is 3.07. The maximum atomic E-state index is 12.2. The van der Waals surface area contributed by atoms with Gasteiger partial charge < -0.3 is 10.1 Å². The van der Waals surface area contributed by atoms with Crippen molar-refractivity contribution in [1.29, 1.82) is 0 Å². The van der Waals surface area contributed by atoms with Crippen LogP contribution >= 0.6 is 11.6 Å². The number of ether oxygens (including phenoxy) is 1. The van der Waals surface area contributed by atoms with E-state index in [2.05, 4.69) is 10.0 Å². The molecule has 134 valence electrons. The zero-order valence-corrected chi connectivity index (χ0v) is 15.4. The van der Waals surface area contributed by atoms with Crippen LogP contribution in [0.3, 0.4) is 0 Å². The van der Waals surface area contributed by atoms with Crippen LogP contribution in [0, 0.1) is 0 Å². The van der Waals surface area contributed by atoms with Crippen LogP contribution in [0.4, 0.5) is 5.69 Å². The van der Waals surface area contributed by atoms with Crippen molar-refractivity contribution in [2.45, 2.75) is 24.8 Å². The second-order valence-electron chi connectivity index (χ2n) is 5.49. The van der Waals surface area contributed by atoms with Crippen molar-refractivity contribution in [2.75, 3.05) is 11.9 Å². The Labute approximate surface area is 152 Å². The zero-order chi connectivity index (χ0) is 18.4. The van der Waals surface area contributed by atoms with Gasteiger partial charge in [0.15, 0.2) is 0 Å². The van der Waals surface area contributed by atoms with Crippen LogP contribution in [0.2, 0.25) is 5.02 Å². The molecule has 1 amide bonds. The Morgan fingerprint density at radius 1 is 1.12 bits per heavy atom. The molecule has 6 nitrogen and oxygen atoms in total. The van der Waals surface area contributed by atoms with Crippen molar-refractivity contribution in [2.24, 2.45) is 0 Å². The molecule has 0 aromatic heterocycles. The predicted molar refractivity (Wildman–Crippen MR) is 97.5 cm³/mol. The molecule has 0 unspecified atom stereocenters. The van der Waals surface area contributed by atoms with E-state index in [1.807, 2.05) is 13.8 Å². The summed E-state index contributed by atoms with van der Waals surface area (Å²) in [6.45, 7) is 3.35. The van der Waals surface area contributed by atoms with E-state index < -0.39 is 22.5 Å². The zero-order valence-electron chi connectivity index (χ0n) is 13.8. The number of amides is 1. The Morgan fingerprint density at radius 2 is 1.76 bits per heavy atom. The highest BCUT2D eigenvalue weighted by molar-refractivity contribution is 7.89. The van der Waals surface area contributed by atoms with Crippen LogP contribution in [-0.2, 0) is 14.8 Å². The van der Waals surface area contributed by atoms with Crippen molar-refractivity contribution >= 4 is 33.2 Å². The van der Waals surface area contributed by atoms with Crippen LogP contribution in [0.25, 0.3) is 0 Å². The van der Waals surface area contributed by atoms with E-state index in [0.29, 0.717) is 16.5 Å². The Kier molecular flexibility index (Phi) is 6.41. The van der Waals surface area contributed by atoms with Gasteiger partial charge in [-0.3, -0.25) is 4.79 Å². The Morgan fingerprint density at radius 3 is 2.40 bits per heavy atom. The van der Waals surface area contributed by atoms with Crippen LogP contribution in [0.1, 0.15) is 13.8 Å². The highest BCUT2D eigenvalue weighted by atomic mass is 35.5. The molecule has 0 saturated heterocycles. The molecule has 2 rings (SSSR count). The van der Waals surface area contributed by atoms with E-state index in [-0.39, 0.29) is 11.0 Å². The monoisotopic (exact) mass is 382 g/mol. The summed E-state index contributed by atoms with van der Waals surface area (Å²) >= 11 is 5.74. The number of anilines is 1. The second kappa shape index (κ2) is 8.33.